The molecule has 2 unspecified atom stereocenters. The topological polar surface area (TPSA) is 72.6 Å². The van der Waals surface area contributed by atoms with Crippen LogP contribution in [0.15, 0.2) is 30.6 Å². The van der Waals surface area contributed by atoms with Crippen LogP contribution < -0.4 is 4.74 Å². The molecule has 7 heteroatoms. The molecule has 1 saturated heterocycles. The Kier molecular flexibility index (Phi) is 5.44. The van der Waals surface area contributed by atoms with E-state index in [0.717, 1.165) is 23.7 Å². The lowest BCUT2D eigenvalue weighted by Crippen LogP contribution is -2.45. The molecular formula is C17H24N4O3. The quantitative estimate of drug-likeness (QED) is 0.849. The van der Waals surface area contributed by atoms with Crippen LogP contribution in [-0.2, 0) is 11.8 Å². The summed E-state index contributed by atoms with van der Waals surface area (Å²) in [5, 5.41) is 14.5. The van der Waals surface area contributed by atoms with Gasteiger partial charge in [-0.2, -0.15) is 5.10 Å². The summed E-state index contributed by atoms with van der Waals surface area (Å²) in [5.41, 5.74) is 1.06. The molecule has 3 rings (SSSR count). The molecule has 0 radical (unpaired) electrons. The van der Waals surface area contributed by atoms with Gasteiger partial charge in [-0.3, -0.25) is 9.58 Å². The molecule has 2 aromatic rings. The molecule has 7 nitrogen and oxygen atoms in total. The van der Waals surface area contributed by atoms with Crippen LogP contribution in [0.5, 0.6) is 5.75 Å². The van der Waals surface area contributed by atoms with Crippen molar-refractivity contribution in [3.05, 3.63) is 42.0 Å². The van der Waals surface area contributed by atoms with Crippen molar-refractivity contribution in [1.29, 1.82) is 0 Å². The van der Waals surface area contributed by atoms with Crippen LogP contribution in [0.2, 0.25) is 0 Å². The van der Waals surface area contributed by atoms with Gasteiger partial charge in [0, 0.05) is 20.1 Å². The van der Waals surface area contributed by atoms with Crippen molar-refractivity contribution in [2.24, 2.45) is 7.05 Å². The summed E-state index contributed by atoms with van der Waals surface area (Å²) < 4.78 is 13.1. The molecule has 0 aliphatic carbocycles. The van der Waals surface area contributed by atoms with Gasteiger partial charge in [-0.1, -0.05) is 18.2 Å². The van der Waals surface area contributed by atoms with E-state index in [0.29, 0.717) is 19.8 Å². The molecule has 0 saturated carbocycles. The van der Waals surface area contributed by atoms with Crippen LogP contribution in [0.4, 0.5) is 0 Å². The maximum atomic E-state index is 10.4. The SMILES string of the molecule is Cc1ccccc1OCC(O)CN1CCOCC1c1ncnn1C. The van der Waals surface area contributed by atoms with Crippen molar-refractivity contribution < 1.29 is 14.6 Å². The van der Waals surface area contributed by atoms with E-state index in [2.05, 4.69) is 15.0 Å². The van der Waals surface area contributed by atoms with Crippen LogP contribution in [0.3, 0.4) is 0 Å². The number of aryl methyl sites for hydroxylation is 2. The van der Waals surface area contributed by atoms with Gasteiger partial charge in [0.05, 0.1) is 19.3 Å². The largest absolute Gasteiger partial charge is 0.491 e. The molecular weight excluding hydrogens is 308 g/mol. The smallest absolute Gasteiger partial charge is 0.146 e. The summed E-state index contributed by atoms with van der Waals surface area (Å²) >= 11 is 0. The highest BCUT2D eigenvalue weighted by atomic mass is 16.5. The van der Waals surface area contributed by atoms with Gasteiger partial charge in [0.2, 0.25) is 0 Å². The average molecular weight is 332 g/mol. The Bertz CT molecular complexity index is 661. The number of aromatic nitrogens is 3. The van der Waals surface area contributed by atoms with Gasteiger partial charge in [-0.05, 0) is 18.6 Å². The molecule has 1 aromatic heterocycles. The fourth-order valence-electron chi connectivity index (χ4n) is 2.93. The van der Waals surface area contributed by atoms with Crippen LogP contribution in [0.25, 0.3) is 0 Å². The number of hydrogen-bond donors (Lipinski definition) is 1. The molecule has 0 bridgehead atoms. The van der Waals surface area contributed by atoms with Crippen molar-refractivity contribution in [2.75, 3.05) is 32.9 Å². The minimum absolute atomic E-state index is 0.000591. The predicted molar refractivity (Wildman–Crippen MR) is 88.8 cm³/mol. The number of morpholine rings is 1. The first-order valence-corrected chi connectivity index (χ1v) is 8.17. The number of β-amino-alcohol motifs (C(OH)–C–C–N with tert-alkyl or cyclic N) is 1. The maximum absolute atomic E-state index is 10.4. The third kappa shape index (κ3) is 3.92. The fourth-order valence-corrected chi connectivity index (χ4v) is 2.93. The normalized spacial score (nSPS) is 20.0. The number of aliphatic hydroxyl groups is 1. The highest BCUT2D eigenvalue weighted by Crippen LogP contribution is 2.22. The number of benzene rings is 1. The van der Waals surface area contributed by atoms with E-state index in [1.807, 2.05) is 38.2 Å². The highest BCUT2D eigenvalue weighted by Gasteiger charge is 2.29. The lowest BCUT2D eigenvalue weighted by Gasteiger charge is -2.35. The first kappa shape index (κ1) is 16.9. The number of para-hydroxylation sites is 1. The average Bonchev–Trinajstić information content (AvgIpc) is 3.00. The van der Waals surface area contributed by atoms with E-state index in [1.165, 1.54) is 0 Å². The summed E-state index contributed by atoms with van der Waals surface area (Å²) in [6.45, 7) is 4.71. The standard InChI is InChI=1S/C17H24N4O3/c1-13-5-3-4-6-16(13)24-10-14(22)9-21-7-8-23-11-15(21)17-18-12-19-20(17)2/h3-6,12,14-15,22H,7-11H2,1-2H3. The second kappa shape index (κ2) is 7.74. The van der Waals surface area contributed by atoms with E-state index < -0.39 is 6.10 Å². The summed E-state index contributed by atoms with van der Waals surface area (Å²) in [4.78, 5) is 6.50. The number of rotatable bonds is 6. The monoisotopic (exact) mass is 332 g/mol. The Morgan fingerprint density at radius 1 is 1.42 bits per heavy atom. The van der Waals surface area contributed by atoms with Crippen molar-refractivity contribution in [1.82, 2.24) is 19.7 Å². The van der Waals surface area contributed by atoms with E-state index in [4.69, 9.17) is 9.47 Å². The predicted octanol–water partition coefficient (Wildman–Crippen LogP) is 0.937. The second-order valence-corrected chi connectivity index (χ2v) is 6.06. The molecule has 130 valence electrons. The molecule has 1 aliphatic heterocycles. The van der Waals surface area contributed by atoms with Crippen LogP contribution in [-0.4, -0.2) is 63.8 Å². The zero-order valence-corrected chi connectivity index (χ0v) is 14.1. The van der Waals surface area contributed by atoms with Crippen LogP contribution >= 0.6 is 0 Å². The number of nitrogens with zero attached hydrogens (tertiary/aromatic N) is 4. The molecule has 1 fully saturated rings. The Balaban J connectivity index is 1.59. The van der Waals surface area contributed by atoms with Crippen molar-refractivity contribution in [2.45, 2.75) is 19.1 Å². The molecule has 1 N–H and O–H groups in total. The Morgan fingerprint density at radius 2 is 2.25 bits per heavy atom. The lowest BCUT2D eigenvalue weighted by atomic mass is 10.2. The molecule has 2 atom stereocenters. The van der Waals surface area contributed by atoms with Gasteiger partial charge < -0.3 is 14.6 Å². The highest BCUT2D eigenvalue weighted by molar-refractivity contribution is 5.31. The Labute approximate surface area is 141 Å². The van der Waals surface area contributed by atoms with Crippen molar-refractivity contribution >= 4 is 0 Å². The van der Waals surface area contributed by atoms with Gasteiger partial charge in [-0.15, -0.1) is 0 Å². The molecule has 2 heterocycles. The molecule has 0 amide bonds. The molecule has 0 spiro atoms. The summed E-state index contributed by atoms with van der Waals surface area (Å²) in [6, 6.07) is 7.81. The van der Waals surface area contributed by atoms with Gasteiger partial charge in [0.1, 0.15) is 30.6 Å². The van der Waals surface area contributed by atoms with Crippen LogP contribution in [0, 0.1) is 6.92 Å². The van der Waals surface area contributed by atoms with Crippen molar-refractivity contribution in [3.63, 3.8) is 0 Å². The second-order valence-electron chi connectivity index (χ2n) is 6.06. The minimum Gasteiger partial charge on any atom is -0.491 e. The Hall–Kier alpha value is -1.96. The Morgan fingerprint density at radius 3 is 3.00 bits per heavy atom. The molecule has 1 aliphatic rings. The van der Waals surface area contributed by atoms with Gasteiger partial charge in [0.25, 0.3) is 0 Å². The van der Waals surface area contributed by atoms with E-state index in [9.17, 15) is 5.11 Å². The number of ether oxygens (including phenoxy) is 2. The summed E-state index contributed by atoms with van der Waals surface area (Å²) in [5.74, 6) is 1.66. The van der Waals surface area contributed by atoms with Gasteiger partial charge in [0.15, 0.2) is 0 Å². The molecule has 24 heavy (non-hydrogen) atoms. The van der Waals surface area contributed by atoms with Crippen molar-refractivity contribution in [3.8, 4) is 5.75 Å². The van der Waals surface area contributed by atoms with Gasteiger partial charge >= 0.3 is 0 Å². The molecule has 1 aromatic carbocycles. The summed E-state index contributed by atoms with van der Waals surface area (Å²) in [6.07, 6.45) is 0.957. The third-order valence-electron chi connectivity index (χ3n) is 4.25. The van der Waals surface area contributed by atoms with Crippen LogP contribution in [0.1, 0.15) is 17.4 Å². The number of hydrogen-bond acceptors (Lipinski definition) is 6. The first-order chi connectivity index (χ1) is 11.6. The van der Waals surface area contributed by atoms with E-state index in [1.54, 1.807) is 11.0 Å². The van der Waals surface area contributed by atoms with Gasteiger partial charge in [-0.25, -0.2) is 4.98 Å². The fraction of sp³-hybridized carbons (Fsp3) is 0.529. The first-order valence-electron chi connectivity index (χ1n) is 8.17. The minimum atomic E-state index is -0.585. The maximum Gasteiger partial charge on any atom is 0.146 e. The zero-order valence-electron chi connectivity index (χ0n) is 14.1. The number of aliphatic hydroxyl groups excluding tert-OH is 1. The van der Waals surface area contributed by atoms with E-state index in [-0.39, 0.29) is 12.6 Å². The zero-order chi connectivity index (χ0) is 16.9. The summed E-state index contributed by atoms with van der Waals surface area (Å²) in [7, 11) is 1.87. The van der Waals surface area contributed by atoms with E-state index >= 15 is 0 Å². The third-order valence-corrected chi connectivity index (χ3v) is 4.25. The lowest BCUT2D eigenvalue weighted by molar-refractivity contribution is -0.0373.